The topological polar surface area (TPSA) is 58.6 Å². The number of ether oxygens (including phenoxy) is 1. The van der Waals surface area contributed by atoms with E-state index in [0.29, 0.717) is 13.1 Å². The number of rotatable bonds is 3. The number of hydrogen-bond acceptors (Lipinski definition) is 3. The zero-order chi connectivity index (χ0) is 18.4. The third kappa shape index (κ3) is 5.76. The summed E-state index contributed by atoms with van der Waals surface area (Å²) in [5, 5.41) is 3.14. The first-order valence-electron chi connectivity index (χ1n) is 9.17. The molecule has 0 bridgehead atoms. The van der Waals surface area contributed by atoms with Crippen LogP contribution in [-0.4, -0.2) is 41.6 Å². The van der Waals surface area contributed by atoms with E-state index in [9.17, 15) is 9.59 Å². The van der Waals surface area contributed by atoms with Crippen LogP contribution in [0.5, 0.6) is 0 Å². The summed E-state index contributed by atoms with van der Waals surface area (Å²) in [6.07, 6.45) is 3.05. The van der Waals surface area contributed by atoms with Gasteiger partial charge in [-0.15, -0.1) is 0 Å². The van der Waals surface area contributed by atoms with Crippen LogP contribution in [0, 0.1) is 0 Å². The van der Waals surface area contributed by atoms with Crippen LogP contribution in [0.2, 0.25) is 0 Å². The van der Waals surface area contributed by atoms with Crippen molar-refractivity contribution in [2.24, 2.45) is 0 Å². The molecule has 1 aromatic carbocycles. The van der Waals surface area contributed by atoms with Gasteiger partial charge in [0.1, 0.15) is 5.60 Å². The first-order chi connectivity index (χ1) is 11.8. The Morgan fingerprint density at radius 3 is 2.60 bits per heavy atom. The zero-order valence-electron chi connectivity index (χ0n) is 15.8. The standard InChI is InChI=1S/C20H30N2O3/c1-5-15-9-6-7-11-17(15)18(23)21-16-10-8-13-22(14-12-16)19(24)25-20(2,3)4/h6-7,9,11,16H,5,8,10,12-14H2,1-4H3,(H,21,23). The first kappa shape index (κ1) is 19.3. The highest BCUT2D eigenvalue weighted by atomic mass is 16.6. The van der Waals surface area contributed by atoms with E-state index < -0.39 is 5.60 Å². The molecule has 0 saturated carbocycles. The fourth-order valence-corrected chi connectivity index (χ4v) is 3.06. The Hall–Kier alpha value is -2.04. The van der Waals surface area contributed by atoms with Crippen molar-refractivity contribution in [1.82, 2.24) is 10.2 Å². The maximum Gasteiger partial charge on any atom is 0.410 e. The molecule has 5 heteroatoms. The van der Waals surface area contributed by atoms with Crippen molar-refractivity contribution in [3.05, 3.63) is 35.4 Å². The van der Waals surface area contributed by atoms with Gasteiger partial charge >= 0.3 is 6.09 Å². The van der Waals surface area contributed by atoms with Crippen molar-refractivity contribution < 1.29 is 14.3 Å². The minimum atomic E-state index is -0.485. The fraction of sp³-hybridized carbons (Fsp3) is 0.600. The molecule has 1 aliphatic heterocycles. The average molecular weight is 346 g/mol. The van der Waals surface area contributed by atoms with E-state index in [4.69, 9.17) is 4.74 Å². The van der Waals surface area contributed by atoms with Crippen LogP contribution >= 0.6 is 0 Å². The number of carbonyl (C=O) groups is 2. The molecule has 1 fully saturated rings. The summed E-state index contributed by atoms with van der Waals surface area (Å²) in [6.45, 7) is 8.95. The lowest BCUT2D eigenvalue weighted by Gasteiger charge is -2.26. The molecule has 2 rings (SSSR count). The van der Waals surface area contributed by atoms with Crippen molar-refractivity contribution in [2.75, 3.05) is 13.1 Å². The van der Waals surface area contributed by atoms with Gasteiger partial charge in [-0.3, -0.25) is 4.79 Å². The molecular formula is C20H30N2O3. The number of hydrogen-bond donors (Lipinski definition) is 1. The van der Waals surface area contributed by atoms with Gasteiger partial charge in [-0.2, -0.15) is 0 Å². The summed E-state index contributed by atoms with van der Waals surface area (Å²) >= 11 is 0. The van der Waals surface area contributed by atoms with Gasteiger partial charge in [0.05, 0.1) is 0 Å². The second kappa shape index (κ2) is 8.37. The van der Waals surface area contributed by atoms with Crippen LogP contribution in [0.1, 0.15) is 62.9 Å². The summed E-state index contributed by atoms with van der Waals surface area (Å²) in [7, 11) is 0. The third-order valence-electron chi connectivity index (χ3n) is 4.36. The van der Waals surface area contributed by atoms with Crippen LogP contribution in [0.25, 0.3) is 0 Å². The number of benzene rings is 1. The molecule has 2 amide bonds. The third-order valence-corrected chi connectivity index (χ3v) is 4.36. The number of carbonyl (C=O) groups excluding carboxylic acids is 2. The lowest BCUT2D eigenvalue weighted by atomic mass is 10.0. The number of likely N-dealkylation sites (tertiary alicyclic amines) is 1. The summed E-state index contributed by atoms with van der Waals surface area (Å²) in [6, 6.07) is 7.81. The molecule has 1 saturated heterocycles. The minimum Gasteiger partial charge on any atom is -0.444 e. The highest BCUT2D eigenvalue weighted by molar-refractivity contribution is 5.95. The molecule has 0 spiro atoms. The molecule has 1 atom stereocenters. The molecule has 0 aromatic heterocycles. The van der Waals surface area contributed by atoms with Gasteiger partial charge in [-0.1, -0.05) is 25.1 Å². The summed E-state index contributed by atoms with van der Waals surface area (Å²) in [5.74, 6) is -0.0202. The highest BCUT2D eigenvalue weighted by Crippen LogP contribution is 2.17. The first-order valence-corrected chi connectivity index (χ1v) is 9.17. The largest absolute Gasteiger partial charge is 0.444 e. The van der Waals surface area contributed by atoms with Crippen molar-refractivity contribution in [1.29, 1.82) is 0 Å². The maximum absolute atomic E-state index is 12.6. The molecule has 0 radical (unpaired) electrons. The number of aryl methyl sites for hydroxylation is 1. The van der Waals surface area contributed by atoms with Crippen molar-refractivity contribution in [2.45, 2.75) is 65.0 Å². The van der Waals surface area contributed by atoms with E-state index in [1.54, 1.807) is 4.90 Å². The van der Waals surface area contributed by atoms with Crippen LogP contribution in [0.4, 0.5) is 4.79 Å². The molecule has 1 heterocycles. The number of amides is 2. The van der Waals surface area contributed by atoms with Gasteiger partial charge in [0.15, 0.2) is 0 Å². The van der Waals surface area contributed by atoms with Gasteiger partial charge < -0.3 is 15.0 Å². The molecule has 1 unspecified atom stereocenters. The van der Waals surface area contributed by atoms with Crippen LogP contribution in [0.3, 0.4) is 0 Å². The summed E-state index contributed by atoms with van der Waals surface area (Å²) in [4.78, 5) is 26.6. The Bertz CT molecular complexity index is 607. The van der Waals surface area contributed by atoms with Gasteiger partial charge in [-0.25, -0.2) is 4.79 Å². The molecule has 1 aromatic rings. The summed E-state index contributed by atoms with van der Waals surface area (Å²) in [5.41, 5.74) is 1.32. The molecular weight excluding hydrogens is 316 g/mol. The Morgan fingerprint density at radius 1 is 1.20 bits per heavy atom. The van der Waals surface area contributed by atoms with Crippen LogP contribution in [0.15, 0.2) is 24.3 Å². The average Bonchev–Trinajstić information content (AvgIpc) is 2.79. The van der Waals surface area contributed by atoms with E-state index in [-0.39, 0.29) is 18.0 Å². The van der Waals surface area contributed by atoms with Gasteiger partial charge in [0, 0.05) is 24.7 Å². The van der Waals surface area contributed by atoms with Crippen molar-refractivity contribution in [3.8, 4) is 0 Å². The molecule has 0 aliphatic carbocycles. The second-order valence-corrected chi connectivity index (χ2v) is 7.58. The molecule has 1 N–H and O–H groups in total. The summed E-state index contributed by atoms with van der Waals surface area (Å²) < 4.78 is 5.45. The smallest absolute Gasteiger partial charge is 0.410 e. The minimum absolute atomic E-state index is 0.0202. The van der Waals surface area contributed by atoms with Crippen LogP contribution in [-0.2, 0) is 11.2 Å². The Kier molecular flexibility index (Phi) is 6.45. The Balaban J connectivity index is 1.93. The monoisotopic (exact) mass is 346 g/mol. The highest BCUT2D eigenvalue weighted by Gasteiger charge is 2.26. The molecule has 138 valence electrons. The van der Waals surface area contributed by atoms with Gasteiger partial charge in [-0.05, 0) is 58.1 Å². The quantitative estimate of drug-likeness (QED) is 0.906. The van der Waals surface area contributed by atoms with E-state index in [1.165, 1.54) is 0 Å². The second-order valence-electron chi connectivity index (χ2n) is 7.58. The van der Waals surface area contributed by atoms with Gasteiger partial charge in [0.25, 0.3) is 5.91 Å². The number of nitrogens with one attached hydrogen (secondary N) is 1. The predicted octanol–water partition coefficient (Wildman–Crippen LogP) is 3.77. The SMILES string of the molecule is CCc1ccccc1C(=O)NC1CCCN(C(=O)OC(C)(C)C)CC1. The molecule has 5 nitrogen and oxygen atoms in total. The van der Waals surface area contributed by atoms with E-state index in [0.717, 1.165) is 36.8 Å². The van der Waals surface area contributed by atoms with E-state index in [1.807, 2.05) is 45.0 Å². The molecule has 1 aliphatic rings. The maximum atomic E-state index is 12.6. The molecule has 25 heavy (non-hydrogen) atoms. The fourth-order valence-electron chi connectivity index (χ4n) is 3.06. The van der Waals surface area contributed by atoms with Gasteiger partial charge in [0.2, 0.25) is 0 Å². The predicted molar refractivity (Wildman–Crippen MR) is 98.7 cm³/mol. The lowest BCUT2D eigenvalue weighted by Crippen LogP contribution is -2.39. The zero-order valence-corrected chi connectivity index (χ0v) is 15.8. The lowest BCUT2D eigenvalue weighted by molar-refractivity contribution is 0.0256. The van der Waals surface area contributed by atoms with E-state index >= 15 is 0 Å². The normalized spacial score (nSPS) is 18.4. The van der Waals surface area contributed by atoms with Crippen LogP contribution < -0.4 is 5.32 Å². The van der Waals surface area contributed by atoms with E-state index in [2.05, 4.69) is 12.2 Å². The van der Waals surface area contributed by atoms with Crippen molar-refractivity contribution in [3.63, 3.8) is 0 Å². The Labute approximate surface area is 150 Å². The number of nitrogens with zero attached hydrogens (tertiary/aromatic N) is 1. The van der Waals surface area contributed by atoms with Crippen molar-refractivity contribution >= 4 is 12.0 Å². The Morgan fingerprint density at radius 2 is 1.92 bits per heavy atom.